The third-order valence-corrected chi connectivity index (χ3v) is 5.29. The molecule has 3 unspecified atom stereocenters. The lowest BCUT2D eigenvalue weighted by molar-refractivity contribution is -0.00548. The summed E-state index contributed by atoms with van der Waals surface area (Å²) in [6.07, 6.45) is 7.52. The molecular weight excluding hydrogens is 224 g/mol. The van der Waals surface area contributed by atoms with E-state index in [0.29, 0.717) is 12.0 Å². The zero-order valence-corrected chi connectivity index (χ0v) is 12.3. The Morgan fingerprint density at radius 1 is 1.22 bits per heavy atom. The summed E-state index contributed by atoms with van der Waals surface area (Å²) >= 11 is 0. The molecule has 0 amide bonds. The summed E-state index contributed by atoms with van der Waals surface area (Å²) in [7, 11) is 4.44. The molecule has 3 heteroatoms. The van der Waals surface area contributed by atoms with Crippen molar-refractivity contribution in [3.05, 3.63) is 0 Å². The van der Waals surface area contributed by atoms with Gasteiger partial charge < -0.3 is 15.4 Å². The Hall–Kier alpha value is -0.120. The first-order chi connectivity index (χ1) is 8.56. The average Bonchev–Trinajstić information content (AvgIpc) is 2.38. The van der Waals surface area contributed by atoms with Crippen molar-refractivity contribution < 1.29 is 4.74 Å². The highest BCUT2D eigenvalue weighted by molar-refractivity contribution is 5.03. The van der Waals surface area contributed by atoms with Crippen molar-refractivity contribution in [3.63, 3.8) is 0 Å². The van der Waals surface area contributed by atoms with Crippen LogP contribution in [0, 0.1) is 11.8 Å². The second-order valence-electron chi connectivity index (χ2n) is 6.68. The quantitative estimate of drug-likeness (QED) is 0.839. The highest BCUT2D eigenvalue weighted by Crippen LogP contribution is 2.41. The molecule has 2 aliphatic rings. The van der Waals surface area contributed by atoms with Gasteiger partial charge in [-0.1, -0.05) is 19.8 Å². The van der Waals surface area contributed by atoms with Crippen LogP contribution in [-0.2, 0) is 4.74 Å². The highest BCUT2D eigenvalue weighted by atomic mass is 16.5. The van der Waals surface area contributed by atoms with Gasteiger partial charge in [-0.2, -0.15) is 0 Å². The molecule has 1 saturated heterocycles. The molecule has 2 N–H and O–H groups in total. The maximum absolute atomic E-state index is 6.72. The molecule has 18 heavy (non-hydrogen) atoms. The SMILES string of the molecule is CC1CCCC(C(N)C2CCOCC2)(N(C)C)C1. The summed E-state index contributed by atoms with van der Waals surface area (Å²) in [5.74, 6) is 1.46. The molecule has 3 atom stereocenters. The summed E-state index contributed by atoms with van der Waals surface area (Å²) in [5, 5.41) is 0. The van der Waals surface area contributed by atoms with Crippen molar-refractivity contribution in [2.75, 3.05) is 27.3 Å². The van der Waals surface area contributed by atoms with E-state index in [-0.39, 0.29) is 5.54 Å². The fourth-order valence-corrected chi connectivity index (χ4v) is 4.08. The third-order valence-electron chi connectivity index (χ3n) is 5.29. The van der Waals surface area contributed by atoms with Gasteiger partial charge in [-0.05, 0) is 51.6 Å². The van der Waals surface area contributed by atoms with Crippen LogP contribution in [0.1, 0.15) is 45.4 Å². The van der Waals surface area contributed by atoms with Gasteiger partial charge in [0.15, 0.2) is 0 Å². The summed E-state index contributed by atoms with van der Waals surface area (Å²) in [5.41, 5.74) is 6.95. The Balaban J connectivity index is 2.12. The van der Waals surface area contributed by atoms with Crippen molar-refractivity contribution in [1.29, 1.82) is 0 Å². The maximum Gasteiger partial charge on any atom is 0.0469 e. The van der Waals surface area contributed by atoms with Crippen LogP contribution in [0.15, 0.2) is 0 Å². The molecule has 1 saturated carbocycles. The minimum Gasteiger partial charge on any atom is -0.381 e. The number of hydrogen-bond donors (Lipinski definition) is 1. The van der Waals surface area contributed by atoms with Crippen LogP contribution in [0.5, 0.6) is 0 Å². The Bertz CT molecular complexity index is 263. The van der Waals surface area contributed by atoms with Gasteiger partial charge in [-0.15, -0.1) is 0 Å². The predicted molar refractivity (Wildman–Crippen MR) is 75.6 cm³/mol. The second kappa shape index (κ2) is 5.89. The van der Waals surface area contributed by atoms with Crippen LogP contribution < -0.4 is 5.73 Å². The van der Waals surface area contributed by atoms with Crippen LogP contribution in [0.4, 0.5) is 0 Å². The van der Waals surface area contributed by atoms with E-state index in [4.69, 9.17) is 10.5 Å². The zero-order valence-electron chi connectivity index (χ0n) is 12.3. The van der Waals surface area contributed by atoms with Crippen molar-refractivity contribution >= 4 is 0 Å². The predicted octanol–water partition coefficient (Wildman–Crippen LogP) is 2.25. The lowest BCUT2D eigenvalue weighted by Gasteiger charge is -2.51. The fourth-order valence-electron chi connectivity index (χ4n) is 4.08. The molecule has 0 aromatic rings. The van der Waals surface area contributed by atoms with E-state index < -0.39 is 0 Å². The minimum absolute atomic E-state index is 0.222. The van der Waals surface area contributed by atoms with Crippen LogP contribution >= 0.6 is 0 Å². The third kappa shape index (κ3) is 2.73. The molecule has 0 spiro atoms. The summed E-state index contributed by atoms with van der Waals surface area (Å²) in [4.78, 5) is 2.42. The molecule has 2 fully saturated rings. The van der Waals surface area contributed by atoms with Crippen molar-refractivity contribution in [2.45, 2.75) is 57.0 Å². The standard InChI is InChI=1S/C15H30N2O/c1-12-5-4-8-15(11-12,17(2)3)14(16)13-6-9-18-10-7-13/h12-14H,4-11,16H2,1-3H3. The Morgan fingerprint density at radius 2 is 1.89 bits per heavy atom. The number of nitrogens with zero attached hydrogens (tertiary/aromatic N) is 1. The molecule has 1 heterocycles. The van der Waals surface area contributed by atoms with E-state index in [0.717, 1.165) is 32.0 Å². The lowest BCUT2D eigenvalue weighted by Crippen LogP contribution is -2.62. The fraction of sp³-hybridized carbons (Fsp3) is 1.00. The molecule has 0 aromatic heterocycles. The number of rotatable bonds is 3. The van der Waals surface area contributed by atoms with E-state index in [1.165, 1.54) is 25.7 Å². The molecule has 2 rings (SSSR count). The number of hydrogen-bond acceptors (Lipinski definition) is 3. The van der Waals surface area contributed by atoms with Crippen molar-refractivity contribution in [2.24, 2.45) is 17.6 Å². The molecule has 0 bridgehead atoms. The first-order valence-electron chi connectivity index (χ1n) is 7.57. The van der Waals surface area contributed by atoms with Crippen LogP contribution in [0.2, 0.25) is 0 Å². The number of ether oxygens (including phenoxy) is 1. The minimum atomic E-state index is 0.222. The van der Waals surface area contributed by atoms with Gasteiger partial charge >= 0.3 is 0 Å². The summed E-state index contributed by atoms with van der Waals surface area (Å²) < 4.78 is 5.48. The Morgan fingerprint density at radius 3 is 2.44 bits per heavy atom. The van der Waals surface area contributed by atoms with E-state index in [1.807, 2.05) is 0 Å². The van der Waals surface area contributed by atoms with E-state index in [1.54, 1.807) is 0 Å². The maximum atomic E-state index is 6.72. The first kappa shape index (κ1) is 14.3. The van der Waals surface area contributed by atoms with Gasteiger partial charge in [0.1, 0.15) is 0 Å². The van der Waals surface area contributed by atoms with Crippen LogP contribution in [0.25, 0.3) is 0 Å². The Kier molecular flexibility index (Phi) is 4.68. The summed E-state index contributed by atoms with van der Waals surface area (Å²) in [6.45, 7) is 4.18. The van der Waals surface area contributed by atoms with Gasteiger partial charge in [0.2, 0.25) is 0 Å². The summed E-state index contributed by atoms with van der Waals surface area (Å²) in [6, 6.07) is 0.305. The van der Waals surface area contributed by atoms with Gasteiger partial charge in [0.05, 0.1) is 0 Å². The molecule has 106 valence electrons. The molecule has 0 radical (unpaired) electrons. The van der Waals surface area contributed by atoms with Crippen molar-refractivity contribution in [3.8, 4) is 0 Å². The Labute approximate surface area is 112 Å². The van der Waals surface area contributed by atoms with Gasteiger partial charge in [0.25, 0.3) is 0 Å². The topological polar surface area (TPSA) is 38.5 Å². The van der Waals surface area contributed by atoms with Crippen LogP contribution in [-0.4, -0.2) is 43.8 Å². The van der Waals surface area contributed by atoms with E-state index in [9.17, 15) is 0 Å². The smallest absolute Gasteiger partial charge is 0.0469 e. The molecule has 1 aliphatic heterocycles. The molecule has 3 nitrogen and oxygen atoms in total. The molecular formula is C15H30N2O. The monoisotopic (exact) mass is 254 g/mol. The number of likely N-dealkylation sites (N-methyl/N-ethyl adjacent to an activating group) is 1. The highest BCUT2D eigenvalue weighted by Gasteiger charge is 2.45. The van der Waals surface area contributed by atoms with Gasteiger partial charge in [0, 0.05) is 24.8 Å². The largest absolute Gasteiger partial charge is 0.381 e. The number of nitrogens with two attached hydrogens (primary N) is 1. The van der Waals surface area contributed by atoms with E-state index in [2.05, 4.69) is 25.9 Å². The second-order valence-corrected chi connectivity index (χ2v) is 6.68. The molecule has 1 aliphatic carbocycles. The van der Waals surface area contributed by atoms with Crippen molar-refractivity contribution in [1.82, 2.24) is 4.90 Å². The normalized spacial score (nSPS) is 36.8. The van der Waals surface area contributed by atoms with E-state index >= 15 is 0 Å². The zero-order chi connectivity index (χ0) is 13.2. The lowest BCUT2D eigenvalue weighted by atomic mass is 9.67. The first-order valence-corrected chi connectivity index (χ1v) is 7.57. The van der Waals surface area contributed by atoms with Crippen LogP contribution in [0.3, 0.4) is 0 Å². The van der Waals surface area contributed by atoms with Gasteiger partial charge in [-0.25, -0.2) is 0 Å². The average molecular weight is 254 g/mol. The van der Waals surface area contributed by atoms with Gasteiger partial charge in [-0.3, -0.25) is 0 Å². The molecule has 0 aromatic carbocycles.